The summed E-state index contributed by atoms with van der Waals surface area (Å²) >= 11 is 0. The third-order valence-corrected chi connectivity index (χ3v) is 3.83. The fourth-order valence-electron chi connectivity index (χ4n) is 2.55. The molecule has 0 saturated heterocycles. The van der Waals surface area contributed by atoms with Crippen LogP contribution in [-0.4, -0.2) is 22.6 Å². The fraction of sp³-hybridized carbons (Fsp3) is 0.158. The average Bonchev–Trinajstić information content (AvgIpc) is 2.56. The van der Waals surface area contributed by atoms with Gasteiger partial charge in [0.1, 0.15) is 5.82 Å². The molecular formula is C19H17FN2O2. The molecular weight excluding hydrogens is 307 g/mol. The maximum atomic E-state index is 13.3. The van der Waals surface area contributed by atoms with E-state index in [4.69, 9.17) is 5.11 Å². The SMILES string of the molecule is Cc1nc2cc(F)ccc2cc1C(=O)Nc1ccc(CCO)cc1. The van der Waals surface area contributed by atoms with Gasteiger partial charge in [-0.3, -0.25) is 9.78 Å². The van der Waals surface area contributed by atoms with Crippen LogP contribution in [0.25, 0.3) is 10.9 Å². The van der Waals surface area contributed by atoms with Gasteiger partial charge >= 0.3 is 0 Å². The zero-order valence-electron chi connectivity index (χ0n) is 13.2. The van der Waals surface area contributed by atoms with Gasteiger partial charge in [-0.1, -0.05) is 12.1 Å². The Morgan fingerprint density at radius 3 is 2.62 bits per heavy atom. The number of aryl methyl sites for hydroxylation is 1. The van der Waals surface area contributed by atoms with Crippen LogP contribution in [-0.2, 0) is 6.42 Å². The van der Waals surface area contributed by atoms with Crippen molar-refractivity contribution in [3.8, 4) is 0 Å². The van der Waals surface area contributed by atoms with Crippen molar-refractivity contribution in [3.05, 3.63) is 71.2 Å². The first-order valence-corrected chi connectivity index (χ1v) is 7.65. The highest BCUT2D eigenvalue weighted by molar-refractivity contribution is 6.06. The standard InChI is InChI=1S/C19H17FN2O2/c1-12-17(10-14-4-5-15(20)11-18(14)21-12)19(24)22-16-6-2-13(3-7-16)8-9-23/h2-7,10-11,23H,8-9H2,1H3,(H,22,24). The normalized spacial score (nSPS) is 10.8. The Kier molecular flexibility index (Phi) is 4.53. The van der Waals surface area contributed by atoms with Gasteiger partial charge in [0.15, 0.2) is 0 Å². The largest absolute Gasteiger partial charge is 0.396 e. The number of benzene rings is 2. The summed E-state index contributed by atoms with van der Waals surface area (Å²) in [5.74, 6) is -0.615. The molecule has 122 valence electrons. The molecule has 0 aliphatic rings. The summed E-state index contributed by atoms with van der Waals surface area (Å²) in [7, 11) is 0. The number of carbonyl (C=O) groups is 1. The summed E-state index contributed by atoms with van der Waals surface area (Å²) in [6.07, 6.45) is 0.582. The Bertz CT molecular complexity index is 892. The van der Waals surface area contributed by atoms with Crippen LogP contribution in [0.2, 0.25) is 0 Å². The minimum atomic E-state index is -0.352. The number of aliphatic hydroxyl groups excluding tert-OH is 1. The highest BCUT2D eigenvalue weighted by atomic mass is 19.1. The predicted molar refractivity (Wildman–Crippen MR) is 91.6 cm³/mol. The first-order valence-electron chi connectivity index (χ1n) is 7.65. The lowest BCUT2D eigenvalue weighted by atomic mass is 10.1. The van der Waals surface area contributed by atoms with Gasteiger partial charge in [-0.15, -0.1) is 0 Å². The van der Waals surface area contributed by atoms with Crippen molar-refractivity contribution in [1.82, 2.24) is 4.98 Å². The molecule has 2 N–H and O–H groups in total. The maximum absolute atomic E-state index is 13.3. The van der Waals surface area contributed by atoms with Crippen molar-refractivity contribution >= 4 is 22.5 Å². The molecule has 0 spiro atoms. The highest BCUT2D eigenvalue weighted by Crippen LogP contribution is 2.19. The monoisotopic (exact) mass is 324 g/mol. The van der Waals surface area contributed by atoms with E-state index in [1.165, 1.54) is 12.1 Å². The molecule has 24 heavy (non-hydrogen) atoms. The number of hydrogen-bond donors (Lipinski definition) is 2. The average molecular weight is 324 g/mol. The van der Waals surface area contributed by atoms with E-state index in [-0.39, 0.29) is 18.3 Å². The van der Waals surface area contributed by atoms with Gasteiger partial charge < -0.3 is 10.4 Å². The maximum Gasteiger partial charge on any atom is 0.257 e. The number of nitrogens with one attached hydrogen (secondary N) is 1. The number of halogens is 1. The Hall–Kier alpha value is -2.79. The number of hydrogen-bond acceptors (Lipinski definition) is 3. The minimum absolute atomic E-state index is 0.0915. The molecule has 0 fully saturated rings. The van der Waals surface area contributed by atoms with E-state index in [0.29, 0.717) is 34.3 Å². The van der Waals surface area contributed by atoms with Crippen LogP contribution < -0.4 is 5.32 Å². The Morgan fingerprint density at radius 1 is 1.17 bits per heavy atom. The van der Waals surface area contributed by atoms with Crippen molar-refractivity contribution in [2.45, 2.75) is 13.3 Å². The molecule has 4 nitrogen and oxygen atoms in total. The zero-order chi connectivity index (χ0) is 17.1. The second-order valence-electron chi connectivity index (χ2n) is 5.58. The molecule has 1 amide bonds. The second kappa shape index (κ2) is 6.76. The Balaban J connectivity index is 1.85. The molecule has 3 aromatic rings. The van der Waals surface area contributed by atoms with Crippen LogP contribution in [0.5, 0.6) is 0 Å². The molecule has 1 heterocycles. The number of carbonyl (C=O) groups excluding carboxylic acids is 1. The summed E-state index contributed by atoms with van der Waals surface area (Å²) in [4.78, 5) is 16.8. The molecule has 0 unspecified atom stereocenters. The summed E-state index contributed by atoms with van der Waals surface area (Å²) < 4.78 is 13.3. The number of nitrogens with zero attached hydrogens (tertiary/aromatic N) is 1. The van der Waals surface area contributed by atoms with Gasteiger partial charge in [-0.05, 0) is 49.2 Å². The van der Waals surface area contributed by atoms with Crippen LogP contribution in [0, 0.1) is 12.7 Å². The van der Waals surface area contributed by atoms with E-state index in [9.17, 15) is 9.18 Å². The van der Waals surface area contributed by atoms with E-state index in [1.54, 1.807) is 31.2 Å². The van der Waals surface area contributed by atoms with Crippen LogP contribution >= 0.6 is 0 Å². The topological polar surface area (TPSA) is 62.2 Å². The van der Waals surface area contributed by atoms with Gasteiger partial charge in [-0.25, -0.2) is 4.39 Å². The van der Waals surface area contributed by atoms with Crippen molar-refractivity contribution in [2.24, 2.45) is 0 Å². The minimum Gasteiger partial charge on any atom is -0.396 e. The quantitative estimate of drug-likeness (QED) is 0.772. The lowest BCUT2D eigenvalue weighted by Crippen LogP contribution is -2.14. The number of amides is 1. The number of rotatable bonds is 4. The van der Waals surface area contributed by atoms with Crippen LogP contribution in [0.4, 0.5) is 10.1 Å². The molecule has 3 rings (SSSR count). The molecule has 0 aliphatic carbocycles. The molecule has 1 aromatic heterocycles. The Labute approximate surface area is 139 Å². The molecule has 0 aliphatic heterocycles. The predicted octanol–water partition coefficient (Wildman–Crippen LogP) is 3.47. The van der Waals surface area contributed by atoms with Crippen LogP contribution in [0.15, 0.2) is 48.5 Å². The fourth-order valence-corrected chi connectivity index (χ4v) is 2.55. The van der Waals surface area contributed by atoms with E-state index in [2.05, 4.69) is 10.3 Å². The molecule has 0 atom stereocenters. The van der Waals surface area contributed by atoms with Crippen LogP contribution in [0.1, 0.15) is 21.6 Å². The van der Waals surface area contributed by atoms with E-state index in [1.807, 2.05) is 12.1 Å². The van der Waals surface area contributed by atoms with E-state index < -0.39 is 0 Å². The van der Waals surface area contributed by atoms with Gasteiger partial charge in [0.25, 0.3) is 5.91 Å². The van der Waals surface area contributed by atoms with Gasteiger partial charge in [0.05, 0.1) is 16.8 Å². The number of fused-ring (bicyclic) bond motifs is 1. The number of anilines is 1. The summed E-state index contributed by atoms with van der Waals surface area (Å²) in [5.41, 5.74) is 3.19. The number of aromatic nitrogens is 1. The van der Waals surface area contributed by atoms with Crippen molar-refractivity contribution in [2.75, 3.05) is 11.9 Å². The third kappa shape index (κ3) is 3.41. The molecule has 0 saturated carbocycles. The number of aliphatic hydroxyl groups is 1. The van der Waals surface area contributed by atoms with Crippen molar-refractivity contribution in [3.63, 3.8) is 0 Å². The van der Waals surface area contributed by atoms with Gasteiger partial charge in [-0.2, -0.15) is 0 Å². The summed E-state index contributed by atoms with van der Waals surface area (Å²) in [6.45, 7) is 1.82. The first-order chi connectivity index (χ1) is 11.6. The molecule has 2 aromatic carbocycles. The smallest absolute Gasteiger partial charge is 0.257 e. The molecule has 0 bridgehead atoms. The summed E-state index contributed by atoms with van der Waals surface area (Å²) in [5, 5.41) is 12.5. The Morgan fingerprint density at radius 2 is 1.92 bits per heavy atom. The van der Waals surface area contributed by atoms with Gasteiger partial charge in [0.2, 0.25) is 0 Å². The lowest BCUT2D eigenvalue weighted by molar-refractivity contribution is 0.102. The van der Waals surface area contributed by atoms with Crippen molar-refractivity contribution in [1.29, 1.82) is 0 Å². The lowest BCUT2D eigenvalue weighted by Gasteiger charge is -2.09. The zero-order valence-corrected chi connectivity index (χ0v) is 13.2. The van der Waals surface area contributed by atoms with Crippen molar-refractivity contribution < 1.29 is 14.3 Å². The first kappa shape index (κ1) is 16.1. The molecule has 5 heteroatoms. The van der Waals surface area contributed by atoms with Crippen LogP contribution in [0.3, 0.4) is 0 Å². The number of pyridine rings is 1. The summed E-state index contributed by atoms with van der Waals surface area (Å²) in [6, 6.07) is 13.3. The molecule has 0 radical (unpaired) electrons. The third-order valence-electron chi connectivity index (χ3n) is 3.83. The van der Waals surface area contributed by atoms with E-state index in [0.717, 1.165) is 5.56 Å². The van der Waals surface area contributed by atoms with E-state index >= 15 is 0 Å². The van der Waals surface area contributed by atoms with Gasteiger partial charge in [0, 0.05) is 23.7 Å². The highest BCUT2D eigenvalue weighted by Gasteiger charge is 2.12. The second-order valence-corrected chi connectivity index (χ2v) is 5.58.